The van der Waals surface area contributed by atoms with Gasteiger partial charge in [-0.1, -0.05) is 18.2 Å². The number of para-hydroxylation sites is 1. The lowest BCUT2D eigenvalue weighted by Gasteiger charge is -2.23. The third-order valence-corrected chi connectivity index (χ3v) is 4.91. The molecule has 1 aliphatic heterocycles. The van der Waals surface area contributed by atoms with Crippen molar-refractivity contribution in [3.05, 3.63) is 71.2 Å². The Morgan fingerprint density at radius 3 is 2.58 bits per heavy atom. The number of fused-ring (bicyclic) bond motifs is 3. The van der Waals surface area contributed by atoms with Crippen molar-refractivity contribution < 1.29 is 19.1 Å². The van der Waals surface area contributed by atoms with Crippen LogP contribution in [0.25, 0.3) is 10.9 Å². The lowest BCUT2D eigenvalue weighted by atomic mass is 10.00. The molecule has 0 aliphatic carbocycles. The second-order valence-electron chi connectivity index (χ2n) is 6.46. The Kier molecular flexibility index (Phi) is 3.95. The summed E-state index contributed by atoms with van der Waals surface area (Å²) in [6.45, 7) is 0.486. The van der Waals surface area contributed by atoms with E-state index in [2.05, 4.69) is 4.98 Å². The van der Waals surface area contributed by atoms with Gasteiger partial charge in [0.1, 0.15) is 11.7 Å². The molecular weight excluding hydrogens is 335 g/mol. The molecular formula is C20H17FN2O3. The van der Waals surface area contributed by atoms with Crippen molar-refractivity contribution in [2.75, 3.05) is 13.1 Å². The Hall–Kier alpha value is -3.15. The highest BCUT2D eigenvalue weighted by molar-refractivity contribution is 5.95. The molecule has 1 unspecified atom stereocenters. The van der Waals surface area contributed by atoms with E-state index < -0.39 is 17.7 Å². The maximum Gasteiger partial charge on any atom is 0.314 e. The second kappa shape index (κ2) is 6.29. The number of rotatable bonds is 2. The smallest absolute Gasteiger partial charge is 0.314 e. The largest absolute Gasteiger partial charge is 0.481 e. The van der Waals surface area contributed by atoms with Gasteiger partial charge in [0.2, 0.25) is 0 Å². The Morgan fingerprint density at radius 2 is 1.85 bits per heavy atom. The predicted octanol–water partition coefficient (Wildman–Crippen LogP) is 3.17. The predicted molar refractivity (Wildman–Crippen MR) is 94.7 cm³/mol. The molecule has 2 aromatic carbocycles. The topological polar surface area (TPSA) is 73.4 Å². The first kappa shape index (κ1) is 16.3. The van der Waals surface area contributed by atoms with Crippen LogP contribution >= 0.6 is 0 Å². The highest BCUT2D eigenvalue weighted by Gasteiger charge is 2.33. The lowest BCUT2D eigenvalue weighted by molar-refractivity contribution is -0.139. The molecule has 6 heteroatoms. The first-order valence-corrected chi connectivity index (χ1v) is 8.41. The average molecular weight is 352 g/mol. The first-order valence-electron chi connectivity index (χ1n) is 8.41. The summed E-state index contributed by atoms with van der Waals surface area (Å²) in [4.78, 5) is 29.4. The summed E-state index contributed by atoms with van der Waals surface area (Å²) >= 11 is 0. The Balaban J connectivity index is 1.71. The van der Waals surface area contributed by atoms with Gasteiger partial charge in [0.05, 0.1) is 0 Å². The number of H-pyrrole nitrogens is 1. The van der Waals surface area contributed by atoms with Crippen molar-refractivity contribution in [3.8, 4) is 0 Å². The number of amides is 1. The molecule has 0 radical (unpaired) electrons. The van der Waals surface area contributed by atoms with E-state index >= 15 is 0 Å². The van der Waals surface area contributed by atoms with E-state index in [1.165, 1.54) is 29.2 Å². The standard InChI is InChI=1S/C20H17FN2O3/c21-13-7-5-12(6-8-13)19(24)23-10-9-15-14-3-1-2-4-17(14)22-18(15)16(11-23)20(25)26/h1-8,16,22H,9-11H2,(H,25,26). The number of benzene rings is 2. The molecule has 1 aromatic heterocycles. The third-order valence-electron chi connectivity index (χ3n) is 4.91. The zero-order valence-corrected chi connectivity index (χ0v) is 13.9. The van der Waals surface area contributed by atoms with Gasteiger partial charge in [0.15, 0.2) is 0 Å². The number of aromatic amines is 1. The summed E-state index contributed by atoms with van der Waals surface area (Å²) in [6, 6.07) is 13.0. The minimum Gasteiger partial charge on any atom is -0.481 e. The minimum absolute atomic E-state index is 0.0748. The van der Waals surface area contributed by atoms with Gasteiger partial charge in [-0.25, -0.2) is 4.39 Å². The molecule has 0 saturated carbocycles. The Labute approximate surface area is 149 Å². The monoisotopic (exact) mass is 352 g/mol. The van der Waals surface area contributed by atoms with Crippen molar-refractivity contribution in [1.82, 2.24) is 9.88 Å². The molecule has 0 saturated heterocycles. The first-order chi connectivity index (χ1) is 12.5. The summed E-state index contributed by atoms with van der Waals surface area (Å²) < 4.78 is 13.1. The lowest BCUT2D eigenvalue weighted by Crippen LogP contribution is -2.36. The van der Waals surface area contributed by atoms with E-state index in [4.69, 9.17) is 0 Å². The summed E-state index contributed by atoms with van der Waals surface area (Å²) in [5, 5.41) is 10.7. The highest BCUT2D eigenvalue weighted by atomic mass is 19.1. The summed E-state index contributed by atoms with van der Waals surface area (Å²) in [5.41, 5.74) is 2.86. The van der Waals surface area contributed by atoms with Gasteiger partial charge in [-0.2, -0.15) is 0 Å². The SMILES string of the molecule is O=C(O)C1CN(C(=O)c2ccc(F)cc2)CCc2c1[nH]c1ccccc21. The van der Waals surface area contributed by atoms with Crippen molar-refractivity contribution >= 4 is 22.8 Å². The molecule has 0 spiro atoms. The quantitative estimate of drug-likeness (QED) is 0.744. The van der Waals surface area contributed by atoms with Crippen molar-refractivity contribution in [2.45, 2.75) is 12.3 Å². The van der Waals surface area contributed by atoms with Crippen molar-refractivity contribution in [2.24, 2.45) is 0 Å². The molecule has 1 amide bonds. The van der Waals surface area contributed by atoms with Gasteiger partial charge in [0.25, 0.3) is 5.91 Å². The number of carboxylic acids is 1. The molecule has 0 fully saturated rings. The Morgan fingerprint density at radius 1 is 1.12 bits per heavy atom. The number of carbonyl (C=O) groups excluding carboxylic acids is 1. The van der Waals surface area contributed by atoms with E-state index in [0.717, 1.165) is 16.5 Å². The number of carboxylic acid groups (broad SMARTS) is 1. The van der Waals surface area contributed by atoms with Crippen LogP contribution in [0.2, 0.25) is 0 Å². The molecule has 3 aromatic rings. The minimum atomic E-state index is -0.975. The van der Waals surface area contributed by atoms with Crippen molar-refractivity contribution in [3.63, 3.8) is 0 Å². The fraction of sp³-hybridized carbons (Fsp3) is 0.200. The average Bonchev–Trinajstić information content (AvgIpc) is 2.89. The maximum absolute atomic E-state index is 13.1. The van der Waals surface area contributed by atoms with Crippen LogP contribution in [0.3, 0.4) is 0 Å². The second-order valence-corrected chi connectivity index (χ2v) is 6.46. The number of nitrogens with one attached hydrogen (secondary N) is 1. The van der Waals surface area contributed by atoms with Gasteiger partial charge < -0.3 is 15.0 Å². The molecule has 26 heavy (non-hydrogen) atoms. The number of halogens is 1. The van der Waals surface area contributed by atoms with Crippen LogP contribution in [0.1, 0.15) is 27.5 Å². The van der Waals surface area contributed by atoms with Crippen LogP contribution in [-0.2, 0) is 11.2 Å². The van der Waals surface area contributed by atoms with Crippen molar-refractivity contribution in [1.29, 1.82) is 0 Å². The number of nitrogens with zero attached hydrogens (tertiary/aromatic N) is 1. The van der Waals surface area contributed by atoms with Gasteiger partial charge >= 0.3 is 5.97 Å². The van der Waals surface area contributed by atoms with E-state index in [9.17, 15) is 19.1 Å². The van der Waals surface area contributed by atoms with E-state index in [0.29, 0.717) is 24.2 Å². The number of hydrogen-bond acceptors (Lipinski definition) is 2. The normalized spacial score (nSPS) is 17.0. The summed E-state index contributed by atoms with van der Waals surface area (Å²) in [6.07, 6.45) is 0.566. The Bertz CT molecular complexity index is 994. The molecule has 2 heterocycles. The maximum atomic E-state index is 13.1. The number of hydrogen-bond donors (Lipinski definition) is 2. The molecule has 5 nitrogen and oxygen atoms in total. The molecule has 4 rings (SSSR count). The molecule has 1 atom stereocenters. The van der Waals surface area contributed by atoms with E-state index in [-0.39, 0.29) is 12.5 Å². The molecule has 2 N–H and O–H groups in total. The number of carbonyl (C=O) groups is 2. The molecule has 0 bridgehead atoms. The molecule has 1 aliphatic rings. The fourth-order valence-electron chi connectivity index (χ4n) is 3.60. The highest BCUT2D eigenvalue weighted by Crippen LogP contribution is 2.32. The van der Waals surface area contributed by atoms with Gasteiger partial charge in [-0.05, 0) is 42.3 Å². The van der Waals surface area contributed by atoms with Crippen LogP contribution in [0.4, 0.5) is 4.39 Å². The van der Waals surface area contributed by atoms with Gasteiger partial charge in [-0.3, -0.25) is 9.59 Å². The van der Waals surface area contributed by atoms with E-state index in [1.54, 1.807) is 0 Å². The zero-order valence-electron chi connectivity index (χ0n) is 13.9. The van der Waals surface area contributed by atoms with Crippen LogP contribution in [0.5, 0.6) is 0 Å². The van der Waals surface area contributed by atoms with Crippen LogP contribution < -0.4 is 0 Å². The molecule has 132 valence electrons. The number of aromatic nitrogens is 1. The third kappa shape index (κ3) is 2.73. The summed E-state index contributed by atoms with van der Waals surface area (Å²) in [5.74, 6) is -2.51. The van der Waals surface area contributed by atoms with Gasteiger partial charge in [0, 0.05) is 35.2 Å². The fourth-order valence-corrected chi connectivity index (χ4v) is 3.60. The summed E-state index contributed by atoms with van der Waals surface area (Å²) in [7, 11) is 0. The van der Waals surface area contributed by atoms with Crippen LogP contribution in [0.15, 0.2) is 48.5 Å². The zero-order chi connectivity index (χ0) is 18.3. The van der Waals surface area contributed by atoms with Crippen LogP contribution in [0, 0.1) is 5.82 Å². The van der Waals surface area contributed by atoms with E-state index in [1.807, 2.05) is 24.3 Å². The number of aliphatic carboxylic acids is 1. The van der Waals surface area contributed by atoms with Gasteiger partial charge in [-0.15, -0.1) is 0 Å². The van der Waals surface area contributed by atoms with Crippen LogP contribution in [-0.4, -0.2) is 40.0 Å².